The number of carbonyl (C=O) groups is 1. The van der Waals surface area contributed by atoms with E-state index in [1.54, 1.807) is 11.1 Å². The predicted molar refractivity (Wildman–Crippen MR) is 196 cm³/mol. The molecule has 1 saturated carbocycles. The molecule has 3 aromatic rings. The Balaban J connectivity index is 0.000000347. The zero-order valence-corrected chi connectivity index (χ0v) is 30.9. The average Bonchev–Trinajstić information content (AvgIpc) is 3.38. The van der Waals surface area contributed by atoms with E-state index in [0.717, 1.165) is 62.7 Å². The molecule has 1 aromatic carbocycles. The second-order valence-corrected chi connectivity index (χ2v) is 15.7. The van der Waals surface area contributed by atoms with Crippen molar-refractivity contribution >= 4 is 22.6 Å². The smallest absolute Gasteiger partial charge is 0.318 e. The van der Waals surface area contributed by atoms with E-state index in [4.69, 9.17) is 4.74 Å². The highest BCUT2D eigenvalue weighted by atomic mass is 19.1. The van der Waals surface area contributed by atoms with Crippen molar-refractivity contribution in [2.24, 2.45) is 0 Å². The number of pyridine rings is 1. The van der Waals surface area contributed by atoms with Crippen molar-refractivity contribution in [2.45, 2.75) is 101 Å². The normalized spacial score (nSPS) is 27.6. The molecule has 0 bridgehead atoms. The van der Waals surface area contributed by atoms with Gasteiger partial charge in [0.15, 0.2) is 5.82 Å². The number of rotatable bonds is 5. The Kier molecular flexibility index (Phi) is 9.70. The van der Waals surface area contributed by atoms with Crippen LogP contribution in [0.5, 0.6) is 6.01 Å². The quantitative estimate of drug-likeness (QED) is 0.295. The molecule has 0 radical (unpaired) electrons. The number of methoxy groups -OCH3 is 1. The molecule has 1 aliphatic carbocycles. The van der Waals surface area contributed by atoms with Crippen LogP contribution in [-0.2, 0) is 4.79 Å². The minimum absolute atomic E-state index is 0.0192. The van der Waals surface area contributed by atoms with Gasteiger partial charge in [0.05, 0.1) is 18.0 Å². The molecule has 51 heavy (non-hydrogen) atoms. The number of hydrogen-bond donors (Lipinski definition) is 0. The third-order valence-electron chi connectivity index (χ3n) is 12.1. The minimum atomic E-state index is -0.551. The van der Waals surface area contributed by atoms with E-state index >= 15 is 4.39 Å². The number of benzene rings is 1. The summed E-state index contributed by atoms with van der Waals surface area (Å²) in [6, 6.07) is 6.04. The summed E-state index contributed by atoms with van der Waals surface area (Å²) in [5, 5.41) is 0.511. The number of ether oxygens (including phenoxy) is 1. The second kappa shape index (κ2) is 13.9. The maximum Gasteiger partial charge on any atom is 0.318 e. The van der Waals surface area contributed by atoms with E-state index in [1.807, 2.05) is 24.1 Å². The maximum absolute atomic E-state index is 16.2. The van der Waals surface area contributed by atoms with E-state index in [0.29, 0.717) is 42.5 Å². The first kappa shape index (κ1) is 35.5. The third kappa shape index (κ3) is 6.89. The summed E-state index contributed by atoms with van der Waals surface area (Å²) in [4.78, 5) is 34.9. The highest BCUT2D eigenvalue weighted by Gasteiger charge is 2.44. The minimum Gasteiger partial charge on any atom is -0.467 e. The number of nitrogens with zero attached hydrogens (tertiary/aromatic N) is 7. The third-order valence-corrected chi connectivity index (χ3v) is 12.1. The molecule has 4 atom stereocenters. The summed E-state index contributed by atoms with van der Waals surface area (Å²) in [6.45, 7) is 10.3. The highest BCUT2D eigenvalue weighted by Crippen LogP contribution is 2.46. The number of hydrogen-bond acceptors (Lipinski definition) is 8. The van der Waals surface area contributed by atoms with Crippen LogP contribution in [0.4, 0.5) is 14.6 Å². The van der Waals surface area contributed by atoms with Gasteiger partial charge in [-0.2, -0.15) is 9.97 Å². The number of aromatic nitrogens is 3. The zero-order valence-electron chi connectivity index (χ0n) is 30.9. The lowest BCUT2D eigenvalue weighted by atomic mass is 9.95. The Morgan fingerprint density at radius 2 is 1.86 bits per heavy atom. The number of halogens is 2. The molecule has 8 rings (SSSR count). The van der Waals surface area contributed by atoms with Gasteiger partial charge in [0.25, 0.3) is 5.91 Å². The molecule has 4 unspecified atom stereocenters. The zero-order chi connectivity index (χ0) is 36.1. The fraction of sp³-hybridized carbons (Fsp3) is 0.600. The Bertz CT molecular complexity index is 1870. The number of amides is 1. The fourth-order valence-electron chi connectivity index (χ4n) is 8.71. The number of carbonyl (C=O) groups excluding carboxylic acids is 1. The Labute approximate surface area is 300 Å². The summed E-state index contributed by atoms with van der Waals surface area (Å²) in [6.07, 6.45) is 9.38. The Morgan fingerprint density at radius 1 is 1.08 bits per heavy atom. The molecular weight excluding hydrogens is 648 g/mol. The van der Waals surface area contributed by atoms with Crippen LogP contribution >= 0.6 is 0 Å². The van der Waals surface area contributed by atoms with Gasteiger partial charge in [-0.15, -0.1) is 0 Å². The highest BCUT2D eigenvalue weighted by molar-refractivity contribution is 5.94. The van der Waals surface area contributed by atoms with Gasteiger partial charge in [-0.3, -0.25) is 19.6 Å². The van der Waals surface area contributed by atoms with Crippen LogP contribution in [0.1, 0.15) is 82.3 Å². The molecule has 6 heterocycles. The lowest BCUT2D eigenvalue weighted by Gasteiger charge is -2.27. The van der Waals surface area contributed by atoms with Crippen LogP contribution in [-0.4, -0.2) is 113 Å². The lowest BCUT2D eigenvalue weighted by molar-refractivity contribution is -0.124. The Morgan fingerprint density at radius 3 is 2.57 bits per heavy atom. The number of aryl methyl sites for hydroxylation is 1. The van der Waals surface area contributed by atoms with Gasteiger partial charge in [-0.05, 0) is 115 Å². The van der Waals surface area contributed by atoms with Crippen molar-refractivity contribution in [1.82, 2.24) is 29.7 Å². The molecule has 4 saturated heterocycles. The van der Waals surface area contributed by atoms with E-state index in [1.165, 1.54) is 25.5 Å². The molecule has 0 N–H and O–H groups in total. The van der Waals surface area contributed by atoms with Crippen LogP contribution in [0, 0.1) is 24.6 Å². The largest absolute Gasteiger partial charge is 0.467 e. The molecular formula is C40H51F2N7O2. The number of fused-ring (bicyclic) bond motifs is 2. The standard InChI is InChI=1S/C32H37FN6O2.C8H14FN/c1-20-8-6-9-23(26(20)21-10-11-21)28-27(33)29-24(18-34-28)30(36-31(35-29)41-5)38(4)22-13-17-39(19-22)25(40)12-15-32(2)14-7-16-37(32)3;1-8-3-2-4-10(8)6-7(9)5-8/h6,8-9,18,21-22H,7,10-11,13-14,16-17,19H2,1-5H3;7H,2-6H2,1H3. The van der Waals surface area contributed by atoms with Crippen molar-refractivity contribution in [3.8, 4) is 29.1 Å². The van der Waals surface area contributed by atoms with Gasteiger partial charge in [0, 0.05) is 50.0 Å². The molecule has 5 aliphatic rings. The number of anilines is 1. The summed E-state index contributed by atoms with van der Waals surface area (Å²) in [5.41, 5.74) is 3.61. The SMILES string of the molecule is CC12CCCN1CC(F)C2.COc1nc(N(C)C2CCN(C(=O)C#CC3(C)CCCN3C)C2)c2cnc(-c3cccc(C)c3C3CC3)c(F)c2n1. The van der Waals surface area contributed by atoms with Gasteiger partial charge in [-0.1, -0.05) is 24.1 Å². The Hall–Kier alpha value is -3.88. The van der Waals surface area contributed by atoms with E-state index in [2.05, 4.69) is 70.5 Å². The molecule has 4 aliphatic heterocycles. The monoisotopic (exact) mass is 699 g/mol. The average molecular weight is 700 g/mol. The lowest BCUT2D eigenvalue weighted by Crippen LogP contribution is -2.38. The molecule has 9 nitrogen and oxygen atoms in total. The van der Waals surface area contributed by atoms with Gasteiger partial charge in [-0.25, -0.2) is 8.78 Å². The molecule has 0 spiro atoms. The van der Waals surface area contributed by atoms with Gasteiger partial charge in [0.2, 0.25) is 0 Å². The summed E-state index contributed by atoms with van der Waals surface area (Å²) < 4.78 is 34.5. The fourth-order valence-corrected chi connectivity index (χ4v) is 8.71. The first-order chi connectivity index (χ1) is 24.4. The van der Waals surface area contributed by atoms with Gasteiger partial charge >= 0.3 is 6.01 Å². The molecule has 5 fully saturated rings. The molecule has 272 valence electrons. The van der Waals surface area contributed by atoms with Gasteiger partial charge < -0.3 is 14.5 Å². The van der Waals surface area contributed by atoms with E-state index in [9.17, 15) is 9.18 Å². The van der Waals surface area contributed by atoms with Gasteiger partial charge in [0.1, 0.15) is 23.2 Å². The van der Waals surface area contributed by atoms with Crippen molar-refractivity contribution in [3.63, 3.8) is 0 Å². The molecule has 11 heteroatoms. The van der Waals surface area contributed by atoms with Crippen LogP contribution < -0.4 is 9.64 Å². The topological polar surface area (TPSA) is 77.9 Å². The van der Waals surface area contributed by atoms with E-state index in [-0.39, 0.29) is 34.6 Å². The maximum atomic E-state index is 16.2. The predicted octanol–water partition coefficient (Wildman–Crippen LogP) is 6.13. The van der Waals surface area contributed by atoms with Crippen LogP contribution in [0.3, 0.4) is 0 Å². The molecule has 2 aromatic heterocycles. The first-order valence-corrected chi connectivity index (χ1v) is 18.6. The van der Waals surface area contributed by atoms with Crippen LogP contribution in [0.2, 0.25) is 0 Å². The van der Waals surface area contributed by atoms with E-state index < -0.39 is 12.0 Å². The van der Waals surface area contributed by atoms with Crippen molar-refractivity contribution < 1.29 is 18.3 Å². The number of likely N-dealkylation sites (tertiary alicyclic amines) is 2. The van der Waals surface area contributed by atoms with Crippen molar-refractivity contribution in [3.05, 3.63) is 41.3 Å². The van der Waals surface area contributed by atoms with Crippen molar-refractivity contribution in [1.29, 1.82) is 0 Å². The van der Waals surface area contributed by atoms with Crippen LogP contribution in [0.25, 0.3) is 22.2 Å². The summed E-state index contributed by atoms with van der Waals surface area (Å²) in [7, 11) is 5.45. The molecule has 1 amide bonds. The number of likely N-dealkylation sites (N-methyl/N-ethyl adjacent to an activating group) is 1. The summed E-state index contributed by atoms with van der Waals surface area (Å²) in [5.74, 6) is 6.48. The number of alkyl halides is 1. The van der Waals surface area contributed by atoms with Crippen molar-refractivity contribution in [2.75, 3.05) is 58.8 Å². The first-order valence-electron chi connectivity index (χ1n) is 18.6. The summed E-state index contributed by atoms with van der Waals surface area (Å²) >= 11 is 0. The van der Waals surface area contributed by atoms with Crippen LogP contribution in [0.15, 0.2) is 24.4 Å². The second-order valence-electron chi connectivity index (χ2n) is 15.7.